The number of piperazine rings is 1. The molecule has 0 bridgehead atoms. The highest BCUT2D eigenvalue weighted by molar-refractivity contribution is 6.06. The number of piperidine rings is 1. The van der Waals surface area contributed by atoms with Gasteiger partial charge in [-0.15, -0.1) is 0 Å². The molecule has 3 rings (SSSR count). The molecule has 2 heterocycles. The Morgan fingerprint density at radius 3 is 2.45 bits per heavy atom. The van der Waals surface area contributed by atoms with E-state index in [4.69, 9.17) is 0 Å². The van der Waals surface area contributed by atoms with Crippen molar-refractivity contribution in [1.29, 1.82) is 0 Å². The van der Waals surface area contributed by atoms with Crippen LogP contribution in [0.3, 0.4) is 0 Å². The lowest BCUT2D eigenvalue weighted by Gasteiger charge is -2.42. The number of benzene rings is 1. The smallest absolute Gasteiger partial charge is 0.250 e. The van der Waals surface area contributed by atoms with Gasteiger partial charge in [-0.05, 0) is 56.4 Å². The first kappa shape index (κ1) is 13.2. The summed E-state index contributed by atoms with van der Waals surface area (Å²) in [4.78, 5) is 28.4. The number of hydrogen-bond acceptors (Lipinski definition) is 2. The van der Waals surface area contributed by atoms with Gasteiger partial charge in [0.05, 0.1) is 0 Å². The molecule has 0 spiro atoms. The van der Waals surface area contributed by atoms with Gasteiger partial charge in [0.15, 0.2) is 0 Å². The van der Waals surface area contributed by atoms with Crippen molar-refractivity contribution in [3.05, 3.63) is 29.3 Å². The molecule has 2 aliphatic heterocycles. The summed E-state index contributed by atoms with van der Waals surface area (Å²) >= 11 is 0. The Morgan fingerprint density at radius 2 is 1.75 bits per heavy atom. The van der Waals surface area contributed by atoms with Gasteiger partial charge in [-0.1, -0.05) is 6.07 Å². The van der Waals surface area contributed by atoms with Crippen LogP contribution in [0.15, 0.2) is 18.2 Å². The maximum Gasteiger partial charge on any atom is 0.250 e. The lowest BCUT2D eigenvalue weighted by molar-refractivity contribution is -0.144. The summed E-state index contributed by atoms with van der Waals surface area (Å²) in [5.41, 5.74) is 3.09. The quantitative estimate of drug-likeness (QED) is 0.785. The van der Waals surface area contributed by atoms with E-state index in [2.05, 4.69) is 6.07 Å². The molecule has 0 saturated carbocycles. The molecule has 0 N–H and O–H groups in total. The van der Waals surface area contributed by atoms with Crippen molar-refractivity contribution in [1.82, 2.24) is 4.90 Å². The maximum atomic E-state index is 12.7. The molecule has 1 aromatic rings. The molecule has 2 fully saturated rings. The highest BCUT2D eigenvalue weighted by Crippen LogP contribution is 2.27. The SMILES string of the molecule is Cc1cc(C)cc(N2CC(=O)N3CCCCC3C2=O)c1. The minimum atomic E-state index is -0.245. The highest BCUT2D eigenvalue weighted by atomic mass is 16.2. The highest BCUT2D eigenvalue weighted by Gasteiger charge is 2.40. The molecule has 4 heteroatoms. The molecular formula is C16H20N2O2. The molecule has 1 atom stereocenters. The molecular weight excluding hydrogens is 252 g/mol. The van der Waals surface area contributed by atoms with Crippen LogP contribution >= 0.6 is 0 Å². The summed E-state index contributed by atoms with van der Waals surface area (Å²) in [7, 11) is 0. The zero-order valence-electron chi connectivity index (χ0n) is 12.1. The normalized spacial score (nSPS) is 23.0. The van der Waals surface area contributed by atoms with E-state index in [9.17, 15) is 9.59 Å². The molecule has 106 valence electrons. The monoisotopic (exact) mass is 272 g/mol. The van der Waals surface area contributed by atoms with E-state index in [1.54, 1.807) is 9.80 Å². The van der Waals surface area contributed by atoms with Crippen molar-refractivity contribution in [2.75, 3.05) is 18.0 Å². The zero-order valence-corrected chi connectivity index (χ0v) is 12.1. The second-order valence-electron chi connectivity index (χ2n) is 5.87. The Morgan fingerprint density at radius 1 is 1.05 bits per heavy atom. The molecule has 2 amide bonds. The van der Waals surface area contributed by atoms with Crippen molar-refractivity contribution in [3.8, 4) is 0 Å². The van der Waals surface area contributed by atoms with Gasteiger partial charge < -0.3 is 9.80 Å². The molecule has 1 aromatic carbocycles. The maximum absolute atomic E-state index is 12.7. The van der Waals surface area contributed by atoms with E-state index in [0.29, 0.717) is 0 Å². The molecule has 2 saturated heterocycles. The third-order valence-corrected chi connectivity index (χ3v) is 4.19. The van der Waals surface area contributed by atoms with Crippen LogP contribution in [0.2, 0.25) is 0 Å². The van der Waals surface area contributed by atoms with Crippen LogP contribution in [0, 0.1) is 13.8 Å². The van der Waals surface area contributed by atoms with E-state index < -0.39 is 0 Å². The van der Waals surface area contributed by atoms with Gasteiger partial charge >= 0.3 is 0 Å². The third kappa shape index (κ3) is 2.19. The fourth-order valence-electron chi connectivity index (χ4n) is 3.30. The summed E-state index contributed by atoms with van der Waals surface area (Å²) in [6.07, 6.45) is 2.84. The van der Waals surface area contributed by atoms with Crippen LogP contribution in [0.4, 0.5) is 5.69 Å². The minimum absolute atomic E-state index is 0.0773. The topological polar surface area (TPSA) is 40.6 Å². The van der Waals surface area contributed by atoms with Gasteiger partial charge in [-0.25, -0.2) is 0 Å². The average molecular weight is 272 g/mol. The van der Waals surface area contributed by atoms with Crippen molar-refractivity contribution < 1.29 is 9.59 Å². The fraction of sp³-hybridized carbons (Fsp3) is 0.500. The number of aryl methyl sites for hydroxylation is 2. The van der Waals surface area contributed by atoms with Crippen molar-refractivity contribution in [2.24, 2.45) is 0 Å². The molecule has 4 nitrogen and oxygen atoms in total. The van der Waals surface area contributed by atoms with Crippen LogP contribution < -0.4 is 4.90 Å². The predicted octanol–water partition coefficient (Wildman–Crippen LogP) is 2.03. The number of carbonyl (C=O) groups is 2. The fourth-order valence-corrected chi connectivity index (χ4v) is 3.30. The van der Waals surface area contributed by atoms with Crippen LogP contribution in [0.1, 0.15) is 30.4 Å². The van der Waals surface area contributed by atoms with Crippen molar-refractivity contribution >= 4 is 17.5 Å². The van der Waals surface area contributed by atoms with Crippen molar-refractivity contribution in [2.45, 2.75) is 39.2 Å². The van der Waals surface area contributed by atoms with Crippen LogP contribution in [-0.4, -0.2) is 35.8 Å². The van der Waals surface area contributed by atoms with Crippen LogP contribution in [0.25, 0.3) is 0 Å². The van der Waals surface area contributed by atoms with Crippen LogP contribution in [-0.2, 0) is 9.59 Å². The summed E-state index contributed by atoms with van der Waals surface area (Å²) < 4.78 is 0. The Balaban J connectivity index is 1.94. The zero-order chi connectivity index (χ0) is 14.3. The molecule has 2 aliphatic rings. The Hall–Kier alpha value is -1.84. The number of fused-ring (bicyclic) bond motifs is 1. The van der Waals surface area contributed by atoms with Gasteiger partial charge in [-0.3, -0.25) is 9.59 Å². The van der Waals surface area contributed by atoms with E-state index >= 15 is 0 Å². The first-order valence-electron chi connectivity index (χ1n) is 7.25. The summed E-state index contributed by atoms with van der Waals surface area (Å²) in [5.74, 6) is 0.155. The second kappa shape index (κ2) is 4.93. The number of carbonyl (C=O) groups excluding carboxylic acids is 2. The third-order valence-electron chi connectivity index (χ3n) is 4.19. The van der Waals surface area contributed by atoms with E-state index in [1.807, 2.05) is 26.0 Å². The molecule has 1 unspecified atom stereocenters. The van der Waals surface area contributed by atoms with Gasteiger partial charge in [0.25, 0.3) is 0 Å². The molecule has 0 aromatic heterocycles. The van der Waals surface area contributed by atoms with E-state index in [0.717, 1.165) is 42.6 Å². The largest absolute Gasteiger partial charge is 0.329 e. The first-order valence-corrected chi connectivity index (χ1v) is 7.25. The Bertz CT molecular complexity index is 547. The molecule has 0 aliphatic carbocycles. The minimum Gasteiger partial charge on any atom is -0.329 e. The Kier molecular flexibility index (Phi) is 3.24. The van der Waals surface area contributed by atoms with Gasteiger partial charge in [-0.2, -0.15) is 0 Å². The number of rotatable bonds is 1. The summed E-state index contributed by atoms with van der Waals surface area (Å²) in [6, 6.07) is 5.80. The lowest BCUT2D eigenvalue weighted by Crippen LogP contribution is -2.61. The number of hydrogen-bond donors (Lipinski definition) is 0. The standard InChI is InChI=1S/C16H20N2O2/c1-11-7-12(2)9-13(8-11)18-10-15(19)17-6-4-3-5-14(17)16(18)20/h7-9,14H,3-6,10H2,1-2H3. The summed E-state index contributed by atoms with van der Waals surface area (Å²) in [6.45, 7) is 4.94. The van der Waals surface area contributed by atoms with E-state index in [1.165, 1.54) is 0 Å². The van der Waals surface area contributed by atoms with Crippen LogP contribution in [0.5, 0.6) is 0 Å². The van der Waals surface area contributed by atoms with Gasteiger partial charge in [0.2, 0.25) is 11.8 Å². The number of amides is 2. The summed E-state index contributed by atoms with van der Waals surface area (Å²) in [5, 5.41) is 0. The second-order valence-corrected chi connectivity index (χ2v) is 5.87. The van der Waals surface area contributed by atoms with Gasteiger partial charge in [0.1, 0.15) is 12.6 Å². The van der Waals surface area contributed by atoms with Crippen molar-refractivity contribution in [3.63, 3.8) is 0 Å². The molecule has 20 heavy (non-hydrogen) atoms. The first-order chi connectivity index (χ1) is 9.56. The van der Waals surface area contributed by atoms with E-state index in [-0.39, 0.29) is 24.4 Å². The Labute approximate surface area is 119 Å². The number of anilines is 1. The van der Waals surface area contributed by atoms with Gasteiger partial charge in [0, 0.05) is 12.2 Å². The predicted molar refractivity (Wildman–Crippen MR) is 77.6 cm³/mol. The average Bonchev–Trinajstić information content (AvgIpc) is 2.42. The molecule has 0 radical (unpaired) electrons. The number of nitrogens with zero attached hydrogens (tertiary/aromatic N) is 2. The lowest BCUT2D eigenvalue weighted by atomic mass is 9.97.